The monoisotopic (exact) mass is 230 g/mol. The van der Waals surface area contributed by atoms with Gasteiger partial charge in [-0.05, 0) is 17.7 Å². The maximum absolute atomic E-state index is 12.5. The van der Waals surface area contributed by atoms with Crippen LogP contribution in [-0.4, -0.2) is 14.2 Å². The molecule has 0 N–H and O–H groups in total. The molecule has 0 aliphatic heterocycles. The average Bonchev–Trinajstić information content (AvgIpc) is 2.17. The lowest BCUT2D eigenvalue weighted by Crippen LogP contribution is -2.08. The lowest BCUT2D eigenvalue weighted by Gasteiger charge is -2.03. The van der Waals surface area contributed by atoms with Crippen LogP contribution in [0.15, 0.2) is 36.9 Å². The fourth-order valence-electron chi connectivity index (χ4n) is 0.931. The highest BCUT2D eigenvalue weighted by Crippen LogP contribution is 2.06. The first kappa shape index (κ1) is 11.9. The SMILES string of the molecule is C=CCS(=O)(=O)OCc1ccc(F)cc1. The average molecular weight is 230 g/mol. The Morgan fingerprint density at radius 3 is 2.47 bits per heavy atom. The molecule has 0 radical (unpaired) electrons. The second-order valence-electron chi connectivity index (χ2n) is 2.90. The molecule has 0 fully saturated rings. The molecule has 0 aliphatic carbocycles. The summed E-state index contributed by atoms with van der Waals surface area (Å²) in [4.78, 5) is 0. The standard InChI is InChI=1S/C10H11FO3S/c1-2-7-15(12,13)14-8-9-3-5-10(11)6-4-9/h2-6H,1,7-8H2. The van der Waals surface area contributed by atoms with Crippen molar-refractivity contribution in [2.75, 3.05) is 5.75 Å². The van der Waals surface area contributed by atoms with Crippen LogP contribution < -0.4 is 0 Å². The first-order valence-electron chi connectivity index (χ1n) is 4.26. The maximum atomic E-state index is 12.5. The van der Waals surface area contributed by atoms with Crippen molar-refractivity contribution in [2.45, 2.75) is 6.61 Å². The van der Waals surface area contributed by atoms with Crippen LogP contribution in [0.25, 0.3) is 0 Å². The van der Waals surface area contributed by atoms with E-state index in [1.165, 1.54) is 30.3 Å². The van der Waals surface area contributed by atoms with Gasteiger partial charge in [-0.25, -0.2) is 4.39 Å². The normalized spacial score (nSPS) is 11.3. The summed E-state index contributed by atoms with van der Waals surface area (Å²) >= 11 is 0. The van der Waals surface area contributed by atoms with E-state index in [0.29, 0.717) is 5.56 Å². The Morgan fingerprint density at radius 2 is 1.93 bits per heavy atom. The molecule has 1 aromatic carbocycles. The van der Waals surface area contributed by atoms with Crippen LogP contribution in [0, 0.1) is 5.82 Å². The van der Waals surface area contributed by atoms with Crippen molar-refractivity contribution in [1.29, 1.82) is 0 Å². The Kier molecular flexibility index (Phi) is 3.99. The number of rotatable bonds is 5. The van der Waals surface area contributed by atoms with Crippen molar-refractivity contribution in [3.8, 4) is 0 Å². The minimum Gasteiger partial charge on any atom is -0.265 e. The van der Waals surface area contributed by atoms with E-state index in [2.05, 4.69) is 10.8 Å². The van der Waals surface area contributed by atoms with Gasteiger partial charge in [0.2, 0.25) is 0 Å². The molecular formula is C10H11FO3S. The van der Waals surface area contributed by atoms with Gasteiger partial charge in [0.25, 0.3) is 10.1 Å². The molecule has 0 heterocycles. The maximum Gasteiger partial charge on any atom is 0.271 e. The molecule has 0 spiro atoms. The van der Waals surface area contributed by atoms with Crippen molar-refractivity contribution in [2.24, 2.45) is 0 Å². The van der Waals surface area contributed by atoms with Crippen LogP contribution in [0.5, 0.6) is 0 Å². The molecule has 82 valence electrons. The molecule has 1 rings (SSSR count). The van der Waals surface area contributed by atoms with Crippen molar-refractivity contribution in [3.63, 3.8) is 0 Å². The lowest BCUT2D eigenvalue weighted by molar-refractivity contribution is 0.309. The van der Waals surface area contributed by atoms with E-state index in [9.17, 15) is 12.8 Å². The molecule has 0 aliphatic rings. The Morgan fingerprint density at radius 1 is 1.33 bits per heavy atom. The Balaban J connectivity index is 2.57. The summed E-state index contributed by atoms with van der Waals surface area (Å²) in [5.74, 6) is -0.596. The van der Waals surface area contributed by atoms with Crippen molar-refractivity contribution >= 4 is 10.1 Å². The Hall–Kier alpha value is -1.20. The van der Waals surface area contributed by atoms with Gasteiger partial charge in [0, 0.05) is 0 Å². The number of hydrogen-bond acceptors (Lipinski definition) is 3. The van der Waals surface area contributed by atoms with E-state index in [0.717, 1.165) is 0 Å². The molecule has 15 heavy (non-hydrogen) atoms. The largest absolute Gasteiger partial charge is 0.271 e. The molecule has 0 saturated carbocycles. The van der Waals surface area contributed by atoms with Gasteiger partial charge in [-0.2, -0.15) is 8.42 Å². The second kappa shape index (κ2) is 5.04. The van der Waals surface area contributed by atoms with Crippen molar-refractivity contribution in [3.05, 3.63) is 48.3 Å². The summed E-state index contributed by atoms with van der Waals surface area (Å²) < 4.78 is 39.4. The smallest absolute Gasteiger partial charge is 0.265 e. The van der Waals surface area contributed by atoms with Gasteiger partial charge < -0.3 is 0 Å². The molecule has 0 bridgehead atoms. The Labute approximate surface area is 88.3 Å². The molecule has 5 heteroatoms. The molecule has 1 aromatic rings. The van der Waals surface area contributed by atoms with Crippen LogP contribution in [0.2, 0.25) is 0 Å². The molecule has 0 atom stereocenters. The molecular weight excluding hydrogens is 219 g/mol. The quantitative estimate of drug-likeness (QED) is 0.572. The summed E-state index contributed by atoms with van der Waals surface area (Å²) in [7, 11) is -3.55. The van der Waals surface area contributed by atoms with Gasteiger partial charge in [0.05, 0.1) is 12.4 Å². The van der Waals surface area contributed by atoms with Crippen molar-refractivity contribution in [1.82, 2.24) is 0 Å². The lowest BCUT2D eigenvalue weighted by atomic mass is 10.2. The van der Waals surface area contributed by atoms with Gasteiger partial charge in [-0.15, -0.1) is 6.58 Å². The van der Waals surface area contributed by atoms with Crippen molar-refractivity contribution < 1.29 is 17.0 Å². The molecule has 0 aromatic heterocycles. The van der Waals surface area contributed by atoms with Gasteiger partial charge >= 0.3 is 0 Å². The summed E-state index contributed by atoms with van der Waals surface area (Å²) in [6.07, 6.45) is 1.25. The third-order valence-corrected chi connectivity index (χ3v) is 2.76. The van der Waals surface area contributed by atoms with Gasteiger partial charge in [-0.1, -0.05) is 18.2 Å². The zero-order valence-electron chi connectivity index (χ0n) is 8.02. The summed E-state index contributed by atoms with van der Waals surface area (Å²) in [5.41, 5.74) is 0.601. The predicted molar refractivity (Wildman–Crippen MR) is 55.2 cm³/mol. The zero-order valence-corrected chi connectivity index (χ0v) is 8.84. The molecule has 0 saturated heterocycles. The topological polar surface area (TPSA) is 43.4 Å². The van der Waals surface area contributed by atoms with E-state index in [1.54, 1.807) is 0 Å². The first-order valence-corrected chi connectivity index (χ1v) is 5.84. The summed E-state index contributed by atoms with van der Waals surface area (Å²) in [6.45, 7) is 3.22. The molecule has 0 unspecified atom stereocenters. The predicted octanol–water partition coefficient (Wildman–Crippen LogP) is 1.86. The van der Waals surface area contributed by atoms with Crippen LogP contribution in [0.1, 0.15) is 5.56 Å². The fourth-order valence-corrected chi connectivity index (χ4v) is 1.63. The minimum atomic E-state index is -3.55. The number of hydrogen-bond donors (Lipinski definition) is 0. The van der Waals surface area contributed by atoms with Crippen LogP contribution >= 0.6 is 0 Å². The summed E-state index contributed by atoms with van der Waals surface area (Å²) in [5, 5.41) is 0. The molecule has 0 amide bonds. The van der Waals surface area contributed by atoms with Crippen LogP contribution in [-0.2, 0) is 20.9 Å². The van der Waals surface area contributed by atoms with E-state index in [1.807, 2.05) is 0 Å². The van der Waals surface area contributed by atoms with Gasteiger partial charge in [0.1, 0.15) is 5.82 Å². The van der Waals surface area contributed by atoms with E-state index in [-0.39, 0.29) is 18.2 Å². The highest BCUT2D eigenvalue weighted by molar-refractivity contribution is 7.86. The van der Waals surface area contributed by atoms with Crippen LogP contribution in [0.4, 0.5) is 4.39 Å². The minimum absolute atomic E-state index is 0.0869. The molecule has 3 nitrogen and oxygen atoms in total. The third-order valence-electron chi connectivity index (χ3n) is 1.64. The highest BCUT2D eigenvalue weighted by atomic mass is 32.2. The fraction of sp³-hybridized carbons (Fsp3) is 0.200. The second-order valence-corrected chi connectivity index (χ2v) is 4.59. The van der Waals surface area contributed by atoms with E-state index >= 15 is 0 Å². The number of benzene rings is 1. The number of halogens is 1. The highest BCUT2D eigenvalue weighted by Gasteiger charge is 2.08. The zero-order chi connectivity index (χ0) is 11.3. The van der Waals surface area contributed by atoms with Gasteiger partial charge in [-0.3, -0.25) is 4.18 Å². The van der Waals surface area contributed by atoms with Gasteiger partial charge in [0.15, 0.2) is 0 Å². The Bertz CT molecular complexity index is 422. The first-order chi connectivity index (χ1) is 7.03. The third kappa shape index (κ3) is 4.22. The summed E-state index contributed by atoms with van der Waals surface area (Å²) in [6, 6.07) is 5.44. The van der Waals surface area contributed by atoms with Crippen LogP contribution in [0.3, 0.4) is 0 Å². The van der Waals surface area contributed by atoms with E-state index in [4.69, 9.17) is 0 Å². The van der Waals surface area contributed by atoms with E-state index < -0.39 is 10.1 Å².